The molecule has 0 bridgehead atoms. The molecule has 1 aliphatic carbocycles. The van der Waals surface area contributed by atoms with Crippen LogP contribution in [-0.2, 0) is 0 Å². The molecule has 4 heteroatoms. The lowest BCUT2D eigenvalue weighted by Gasteiger charge is -2.31. The topological polar surface area (TPSA) is 6.48 Å². The van der Waals surface area contributed by atoms with Crippen LogP contribution < -0.4 is 9.80 Å². The summed E-state index contributed by atoms with van der Waals surface area (Å²) in [5, 5.41) is 6.72. The molecule has 0 saturated heterocycles. The molecule has 0 radical (unpaired) electrons. The normalized spacial score (nSPS) is 13.3. The van der Waals surface area contributed by atoms with Gasteiger partial charge in [0.15, 0.2) is 0 Å². The minimum Gasteiger partial charge on any atom is -0.313 e. The van der Waals surface area contributed by atoms with Crippen LogP contribution in [0, 0.1) is 5.82 Å². The molecule has 0 aromatic heterocycles. The van der Waals surface area contributed by atoms with E-state index in [-0.39, 0.29) is 11.6 Å². The van der Waals surface area contributed by atoms with Gasteiger partial charge in [0.1, 0.15) is 11.6 Å². The second-order valence-corrected chi connectivity index (χ2v) is 11.2. The Labute approximate surface area is 254 Å². The molecule has 0 fully saturated rings. The summed E-state index contributed by atoms with van der Waals surface area (Å²) >= 11 is 0. The third kappa shape index (κ3) is 4.38. The fourth-order valence-corrected chi connectivity index (χ4v) is 6.64. The highest BCUT2D eigenvalue weighted by atomic mass is 19.1. The molecule has 0 heterocycles. The van der Waals surface area contributed by atoms with Gasteiger partial charge in [0.2, 0.25) is 0 Å². The van der Waals surface area contributed by atoms with E-state index in [0.29, 0.717) is 6.42 Å². The van der Waals surface area contributed by atoms with Crippen molar-refractivity contribution in [2.24, 2.45) is 0 Å². The van der Waals surface area contributed by atoms with Crippen molar-refractivity contribution in [1.82, 2.24) is 0 Å². The first-order valence-electron chi connectivity index (χ1n) is 14.9. The Bertz CT molecular complexity index is 2200. The molecule has 44 heavy (non-hydrogen) atoms. The maximum absolute atomic E-state index is 14.6. The number of anilines is 5. The second kappa shape index (κ2) is 10.7. The molecule has 1 aliphatic rings. The van der Waals surface area contributed by atoms with Crippen molar-refractivity contribution in [2.75, 3.05) is 9.80 Å². The summed E-state index contributed by atoms with van der Waals surface area (Å²) in [6.45, 7) is 0. The summed E-state index contributed by atoms with van der Waals surface area (Å²) in [4.78, 5) is 4.32. The number of halogens is 2. The summed E-state index contributed by atoms with van der Waals surface area (Å²) in [7, 11) is 0. The summed E-state index contributed by atoms with van der Waals surface area (Å²) in [6, 6.07) is 44.3. The van der Waals surface area contributed by atoms with E-state index >= 15 is 0 Å². The molecule has 0 N–H and O–H groups in total. The van der Waals surface area contributed by atoms with E-state index in [9.17, 15) is 8.78 Å². The van der Waals surface area contributed by atoms with Gasteiger partial charge in [0.05, 0.1) is 11.4 Å². The van der Waals surface area contributed by atoms with Gasteiger partial charge in [-0.2, -0.15) is 0 Å². The Hall–Kier alpha value is -5.48. The van der Waals surface area contributed by atoms with E-state index in [4.69, 9.17) is 0 Å². The predicted octanol–water partition coefficient (Wildman–Crippen LogP) is 11.9. The maximum atomic E-state index is 14.6. The molecule has 0 amide bonds. The van der Waals surface area contributed by atoms with E-state index in [1.807, 2.05) is 54.6 Å². The first kappa shape index (κ1) is 26.2. The molecule has 212 valence electrons. The number of rotatable bonds is 6. The fraction of sp³-hybridized carbons (Fsp3) is 0.0500. The lowest BCUT2D eigenvalue weighted by Crippen LogP contribution is -2.18. The summed E-state index contributed by atoms with van der Waals surface area (Å²) in [5.41, 5.74) is 5.59. The number of hydrogen-bond donors (Lipinski definition) is 0. The van der Waals surface area contributed by atoms with E-state index in [1.165, 1.54) is 6.07 Å². The molecule has 8 rings (SSSR count). The summed E-state index contributed by atoms with van der Waals surface area (Å²) in [5.74, 6) is -0.483. The number of para-hydroxylation sites is 2. The van der Waals surface area contributed by atoms with E-state index in [2.05, 4.69) is 70.5 Å². The average Bonchev–Trinajstić information content (AvgIpc) is 3.06. The van der Waals surface area contributed by atoms with Crippen molar-refractivity contribution in [2.45, 2.75) is 12.8 Å². The second-order valence-electron chi connectivity index (χ2n) is 11.2. The Morgan fingerprint density at radius 2 is 1.05 bits per heavy atom. The molecule has 0 spiro atoms. The first-order valence-corrected chi connectivity index (χ1v) is 14.9. The minimum atomic E-state index is -0.282. The van der Waals surface area contributed by atoms with Crippen molar-refractivity contribution in [3.63, 3.8) is 0 Å². The van der Waals surface area contributed by atoms with Crippen LogP contribution in [0.2, 0.25) is 0 Å². The molecule has 0 unspecified atom stereocenters. The third-order valence-corrected chi connectivity index (χ3v) is 8.53. The fourth-order valence-electron chi connectivity index (χ4n) is 6.64. The highest BCUT2D eigenvalue weighted by Gasteiger charge is 2.23. The summed E-state index contributed by atoms with van der Waals surface area (Å²) < 4.78 is 29.2. The van der Waals surface area contributed by atoms with Gasteiger partial charge in [0.25, 0.3) is 0 Å². The highest BCUT2D eigenvalue weighted by Crippen LogP contribution is 2.47. The number of benzene rings is 7. The van der Waals surface area contributed by atoms with Crippen LogP contribution in [-0.4, -0.2) is 0 Å². The maximum Gasteiger partial charge on any atom is 0.125 e. The standard InChI is InChI=1S/C40H28F2N2/c41-29-9-7-15-33(25-29)43(31-11-3-1-4-12-31)37-23-19-27-18-22-36-38(24-20-28-17-21-35(37)39(27)40(28)36)44(32-13-5-2-6-14-32)34-16-8-10-30(42)26-34/h1-7,9-15,17-26H,8,16H2. The zero-order valence-corrected chi connectivity index (χ0v) is 23.9. The van der Waals surface area contributed by atoms with Crippen LogP contribution in [0.1, 0.15) is 12.8 Å². The third-order valence-electron chi connectivity index (χ3n) is 8.53. The quantitative estimate of drug-likeness (QED) is 0.182. The van der Waals surface area contributed by atoms with Gasteiger partial charge in [-0.05, 0) is 101 Å². The lowest BCUT2D eigenvalue weighted by atomic mass is 9.91. The van der Waals surface area contributed by atoms with Crippen molar-refractivity contribution in [3.05, 3.63) is 163 Å². The highest BCUT2D eigenvalue weighted by molar-refractivity contribution is 6.28. The van der Waals surface area contributed by atoms with Gasteiger partial charge in [-0.3, -0.25) is 0 Å². The van der Waals surface area contributed by atoms with Crippen molar-refractivity contribution < 1.29 is 8.78 Å². The Morgan fingerprint density at radius 3 is 1.64 bits per heavy atom. The van der Waals surface area contributed by atoms with Gasteiger partial charge in [-0.15, -0.1) is 0 Å². The van der Waals surface area contributed by atoms with Crippen molar-refractivity contribution in [1.29, 1.82) is 0 Å². The van der Waals surface area contributed by atoms with E-state index < -0.39 is 0 Å². The van der Waals surface area contributed by atoms with Gasteiger partial charge >= 0.3 is 0 Å². The van der Waals surface area contributed by atoms with E-state index in [0.717, 1.165) is 72.9 Å². The molecular formula is C40H28F2N2. The first-order chi connectivity index (χ1) is 21.7. The molecule has 0 atom stereocenters. The number of allylic oxidation sites excluding steroid dienone is 4. The van der Waals surface area contributed by atoms with Crippen LogP contribution in [0.3, 0.4) is 0 Å². The largest absolute Gasteiger partial charge is 0.313 e. The average molecular weight is 575 g/mol. The zero-order chi connectivity index (χ0) is 29.6. The van der Waals surface area contributed by atoms with Crippen LogP contribution in [0.4, 0.5) is 37.2 Å². The number of hydrogen-bond acceptors (Lipinski definition) is 2. The minimum absolute atomic E-state index is 0.201. The van der Waals surface area contributed by atoms with Crippen LogP contribution in [0.5, 0.6) is 0 Å². The monoisotopic (exact) mass is 574 g/mol. The van der Waals surface area contributed by atoms with Gasteiger partial charge < -0.3 is 9.80 Å². The molecule has 7 aromatic rings. The van der Waals surface area contributed by atoms with Gasteiger partial charge in [0, 0.05) is 33.5 Å². The summed E-state index contributed by atoms with van der Waals surface area (Å²) in [6.07, 6.45) is 4.71. The van der Waals surface area contributed by atoms with Crippen LogP contribution in [0.25, 0.3) is 32.3 Å². The molecule has 0 aliphatic heterocycles. The SMILES string of the molecule is FC1=CCCC(N(c2ccccc2)c2ccc3ccc4c(N(c5ccccc5)c5cccc(F)c5)ccc5ccc2c3c54)=C1. The number of nitrogens with zero attached hydrogens (tertiary/aromatic N) is 2. The van der Waals surface area contributed by atoms with Crippen LogP contribution in [0.15, 0.2) is 157 Å². The van der Waals surface area contributed by atoms with Crippen LogP contribution >= 0.6 is 0 Å². The van der Waals surface area contributed by atoms with Crippen molar-refractivity contribution in [3.8, 4) is 0 Å². The van der Waals surface area contributed by atoms with Gasteiger partial charge in [-0.25, -0.2) is 8.78 Å². The van der Waals surface area contributed by atoms with E-state index in [1.54, 1.807) is 24.3 Å². The molecule has 0 saturated carbocycles. The van der Waals surface area contributed by atoms with Gasteiger partial charge in [-0.1, -0.05) is 78.9 Å². The molecular weight excluding hydrogens is 546 g/mol. The Balaban J connectivity index is 1.41. The Morgan fingerprint density at radius 1 is 0.500 bits per heavy atom. The Kier molecular flexibility index (Phi) is 6.34. The molecule has 7 aromatic carbocycles. The van der Waals surface area contributed by atoms with Crippen molar-refractivity contribution >= 4 is 60.8 Å². The predicted molar refractivity (Wildman–Crippen MR) is 180 cm³/mol. The smallest absolute Gasteiger partial charge is 0.125 e. The molecule has 2 nitrogen and oxygen atoms in total. The lowest BCUT2D eigenvalue weighted by molar-refractivity contribution is 0.628. The zero-order valence-electron chi connectivity index (χ0n) is 23.9.